The lowest BCUT2D eigenvalue weighted by atomic mass is 9.83. The van der Waals surface area contributed by atoms with Crippen molar-refractivity contribution in [1.82, 2.24) is 4.90 Å². The van der Waals surface area contributed by atoms with Gasteiger partial charge in [-0.05, 0) is 35.4 Å². The van der Waals surface area contributed by atoms with Crippen molar-refractivity contribution in [2.24, 2.45) is 11.1 Å². The van der Waals surface area contributed by atoms with Gasteiger partial charge in [0.05, 0.1) is 0 Å². The van der Waals surface area contributed by atoms with Crippen LogP contribution < -0.4 is 5.73 Å². The molecule has 116 valence electrons. The van der Waals surface area contributed by atoms with E-state index in [1.807, 2.05) is 0 Å². The van der Waals surface area contributed by atoms with Crippen molar-refractivity contribution in [3.63, 3.8) is 0 Å². The number of hydrogen-bond donors (Lipinski definition) is 1. The minimum absolute atomic E-state index is 0.325. The molecule has 0 amide bonds. The normalized spacial score (nSPS) is 18.4. The SMILES string of the molecule is CC(CN)c1ccc(CN2CC=C(C(C)(C)C)CC2)cc1. The molecule has 2 nitrogen and oxygen atoms in total. The quantitative estimate of drug-likeness (QED) is 0.850. The van der Waals surface area contributed by atoms with Crippen molar-refractivity contribution < 1.29 is 0 Å². The van der Waals surface area contributed by atoms with Crippen molar-refractivity contribution in [2.75, 3.05) is 19.6 Å². The molecule has 0 fully saturated rings. The van der Waals surface area contributed by atoms with Gasteiger partial charge in [0.15, 0.2) is 0 Å². The molecule has 0 saturated heterocycles. The molecule has 1 atom stereocenters. The molecule has 0 aliphatic carbocycles. The van der Waals surface area contributed by atoms with Crippen LogP contribution >= 0.6 is 0 Å². The Bertz CT molecular complexity index is 479. The number of benzene rings is 1. The van der Waals surface area contributed by atoms with Crippen LogP contribution in [-0.2, 0) is 6.54 Å². The Balaban J connectivity index is 1.93. The monoisotopic (exact) mass is 286 g/mol. The van der Waals surface area contributed by atoms with Gasteiger partial charge in [0.1, 0.15) is 0 Å². The van der Waals surface area contributed by atoms with Crippen LogP contribution in [0.15, 0.2) is 35.9 Å². The largest absolute Gasteiger partial charge is 0.330 e. The number of rotatable bonds is 4. The van der Waals surface area contributed by atoms with Crippen LogP contribution in [0.5, 0.6) is 0 Å². The summed E-state index contributed by atoms with van der Waals surface area (Å²) in [7, 11) is 0. The minimum atomic E-state index is 0.325. The lowest BCUT2D eigenvalue weighted by Gasteiger charge is -2.32. The van der Waals surface area contributed by atoms with E-state index in [2.05, 4.69) is 62.9 Å². The maximum Gasteiger partial charge on any atom is 0.0237 e. The topological polar surface area (TPSA) is 29.3 Å². The summed E-state index contributed by atoms with van der Waals surface area (Å²) >= 11 is 0. The Morgan fingerprint density at radius 3 is 2.33 bits per heavy atom. The second kappa shape index (κ2) is 6.76. The number of nitrogens with zero attached hydrogens (tertiary/aromatic N) is 1. The van der Waals surface area contributed by atoms with Gasteiger partial charge in [0.2, 0.25) is 0 Å². The highest BCUT2D eigenvalue weighted by atomic mass is 15.1. The van der Waals surface area contributed by atoms with Gasteiger partial charge in [0.25, 0.3) is 0 Å². The molecule has 1 aromatic carbocycles. The Morgan fingerprint density at radius 2 is 1.86 bits per heavy atom. The first kappa shape index (κ1) is 16.3. The van der Waals surface area contributed by atoms with E-state index in [0.29, 0.717) is 17.9 Å². The van der Waals surface area contributed by atoms with E-state index in [1.165, 1.54) is 24.1 Å². The molecule has 1 aromatic rings. The molecule has 0 radical (unpaired) electrons. The number of hydrogen-bond acceptors (Lipinski definition) is 2. The summed E-state index contributed by atoms with van der Waals surface area (Å²) in [6.45, 7) is 13.1. The molecule has 0 bridgehead atoms. The van der Waals surface area contributed by atoms with Gasteiger partial charge in [-0.15, -0.1) is 0 Å². The van der Waals surface area contributed by atoms with Crippen LogP contribution in [0, 0.1) is 5.41 Å². The zero-order valence-corrected chi connectivity index (χ0v) is 14.0. The highest BCUT2D eigenvalue weighted by molar-refractivity contribution is 5.25. The first-order chi connectivity index (χ1) is 9.90. The molecular formula is C19H30N2. The van der Waals surface area contributed by atoms with Crippen LogP contribution in [-0.4, -0.2) is 24.5 Å². The summed E-state index contributed by atoms with van der Waals surface area (Å²) in [5.74, 6) is 0.450. The zero-order chi connectivity index (χ0) is 15.5. The second-order valence-electron chi connectivity index (χ2n) is 7.34. The lowest BCUT2D eigenvalue weighted by molar-refractivity contribution is 0.271. The molecule has 0 spiro atoms. The molecule has 2 heteroatoms. The van der Waals surface area contributed by atoms with Gasteiger partial charge >= 0.3 is 0 Å². The third-order valence-corrected chi connectivity index (χ3v) is 4.57. The summed E-state index contributed by atoms with van der Waals surface area (Å²) in [5, 5.41) is 0. The molecule has 2 N–H and O–H groups in total. The van der Waals surface area contributed by atoms with Crippen LogP contribution in [0.25, 0.3) is 0 Å². The van der Waals surface area contributed by atoms with Crippen molar-refractivity contribution in [2.45, 2.75) is 46.6 Å². The van der Waals surface area contributed by atoms with E-state index in [0.717, 1.165) is 13.1 Å². The van der Waals surface area contributed by atoms with Crippen molar-refractivity contribution in [1.29, 1.82) is 0 Å². The molecule has 1 aliphatic heterocycles. The molecular weight excluding hydrogens is 256 g/mol. The molecule has 1 heterocycles. The Hall–Kier alpha value is -1.12. The standard InChI is InChI=1S/C19H30N2/c1-15(13-20)17-7-5-16(6-8-17)14-21-11-9-18(10-12-21)19(2,3)4/h5-9,15H,10-14,20H2,1-4H3. The Morgan fingerprint density at radius 1 is 1.19 bits per heavy atom. The van der Waals surface area contributed by atoms with E-state index >= 15 is 0 Å². The summed E-state index contributed by atoms with van der Waals surface area (Å²) in [6, 6.07) is 8.97. The second-order valence-corrected chi connectivity index (χ2v) is 7.34. The van der Waals surface area contributed by atoms with E-state index in [9.17, 15) is 0 Å². The maximum absolute atomic E-state index is 5.72. The fraction of sp³-hybridized carbons (Fsp3) is 0.579. The van der Waals surface area contributed by atoms with Gasteiger partial charge in [-0.1, -0.05) is 63.6 Å². The number of nitrogens with two attached hydrogens (primary N) is 1. The van der Waals surface area contributed by atoms with Crippen LogP contribution in [0.4, 0.5) is 0 Å². The highest BCUT2D eigenvalue weighted by Gasteiger charge is 2.21. The molecule has 0 aromatic heterocycles. The third kappa shape index (κ3) is 4.42. The third-order valence-electron chi connectivity index (χ3n) is 4.57. The summed E-state index contributed by atoms with van der Waals surface area (Å²) in [6.07, 6.45) is 3.63. The Labute approximate surface area is 130 Å². The van der Waals surface area contributed by atoms with E-state index < -0.39 is 0 Å². The molecule has 2 rings (SSSR count). The summed E-state index contributed by atoms with van der Waals surface area (Å²) in [5.41, 5.74) is 10.4. The lowest BCUT2D eigenvalue weighted by Crippen LogP contribution is -2.30. The average Bonchev–Trinajstić information content (AvgIpc) is 2.47. The van der Waals surface area contributed by atoms with E-state index in [-0.39, 0.29) is 0 Å². The fourth-order valence-corrected chi connectivity index (χ4v) is 2.88. The van der Waals surface area contributed by atoms with Gasteiger partial charge in [-0.3, -0.25) is 4.90 Å². The molecule has 1 aliphatic rings. The highest BCUT2D eigenvalue weighted by Crippen LogP contribution is 2.30. The first-order valence-electron chi connectivity index (χ1n) is 8.11. The average molecular weight is 286 g/mol. The van der Waals surface area contributed by atoms with Gasteiger partial charge < -0.3 is 5.73 Å². The van der Waals surface area contributed by atoms with Crippen molar-refractivity contribution >= 4 is 0 Å². The molecule has 1 unspecified atom stereocenters. The van der Waals surface area contributed by atoms with Crippen LogP contribution in [0.3, 0.4) is 0 Å². The fourth-order valence-electron chi connectivity index (χ4n) is 2.88. The van der Waals surface area contributed by atoms with Crippen molar-refractivity contribution in [3.8, 4) is 0 Å². The minimum Gasteiger partial charge on any atom is -0.330 e. The zero-order valence-electron chi connectivity index (χ0n) is 14.0. The van der Waals surface area contributed by atoms with Crippen LogP contribution in [0.1, 0.15) is 51.2 Å². The van der Waals surface area contributed by atoms with Crippen LogP contribution in [0.2, 0.25) is 0 Å². The van der Waals surface area contributed by atoms with Gasteiger partial charge in [-0.25, -0.2) is 0 Å². The molecule has 0 saturated carbocycles. The molecule has 21 heavy (non-hydrogen) atoms. The van der Waals surface area contributed by atoms with Gasteiger partial charge in [-0.2, -0.15) is 0 Å². The predicted octanol–water partition coefficient (Wildman–Crippen LogP) is 3.93. The first-order valence-corrected chi connectivity index (χ1v) is 8.11. The van der Waals surface area contributed by atoms with Crippen molar-refractivity contribution in [3.05, 3.63) is 47.0 Å². The van der Waals surface area contributed by atoms with E-state index in [4.69, 9.17) is 5.73 Å². The summed E-state index contributed by atoms with van der Waals surface area (Å²) in [4.78, 5) is 2.52. The smallest absolute Gasteiger partial charge is 0.0237 e. The Kier molecular flexibility index (Phi) is 5.23. The predicted molar refractivity (Wildman–Crippen MR) is 91.3 cm³/mol. The van der Waals surface area contributed by atoms with Gasteiger partial charge in [0, 0.05) is 19.6 Å². The summed E-state index contributed by atoms with van der Waals surface area (Å²) < 4.78 is 0. The maximum atomic E-state index is 5.72. The van der Waals surface area contributed by atoms with E-state index in [1.54, 1.807) is 5.57 Å².